The topological polar surface area (TPSA) is 74.1 Å². The Morgan fingerprint density at radius 3 is 2.65 bits per heavy atom. The van der Waals surface area contributed by atoms with Gasteiger partial charge in [0.2, 0.25) is 0 Å². The summed E-state index contributed by atoms with van der Waals surface area (Å²) in [6.07, 6.45) is 2.59. The van der Waals surface area contributed by atoms with Gasteiger partial charge < -0.3 is 0 Å². The van der Waals surface area contributed by atoms with Gasteiger partial charge in [-0.25, -0.2) is 8.42 Å². The molecule has 0 aliphatic rings. The summed E-state index contributed by atoms with van der Waals surface area (Å²) in [4.78, 5) is 3.68. The lowest BCUT2D eigenvalue weighted by atomic mass is 10.2. The number of pyridine rings is 1. The molecule has 5 nitrogen and oxygen atoms in total. The molecule has 1 heterocycles. The third-order valence-electron chi connectivity index (χ3n) is 2.74. The molecule has 0 atom stereocenters. The van der Waals surface area contributed by atoms with Crippen LogP contribution in [0.3, 0.4) is 0 Å². The molecular formula is C13H10ClN3O2S. The van der Waals surface area contributed by atoms with Crippen LogP contribution in [0.5, 0.6) is 0 Å². The average Bonchev–Trinajstić information content (AvgIpc) is 2.46. The third-order valence-corrected chi connectivity index (χ3v) is 4.98. The molecule has 0 aliphatic carbocycles. The number of benzene rings is 1. The van der Waals surface area contributed by atoms with Crippen molar-refractivity contribution in [2.45, 2.75) is 4.90 Å². The molecule has 7 heteroatoms. The van der Waals surface area contributed by atoms with E-state index in [1.54, 1.807) is 24.3 Å². The zero-order chi connectivity index (χ0) is 14.8. The second-order valence-electron chi connectivity index (χ2n) is 3.91. The molecule has 2 aromatic rings. The predicted octanol–water partition coefficient (Wildman–Crippen LogP) is 2.43. The number of aromatic nitrogens is 1. The predicted molar refractivity (Wildman–Crippen MR) is 76.0 cm³/mol. The van der Waals surface area contributed by atoms with Crippen molar-refractivity contribution < 1.29 is 8.42 Å². The second-order valence-corrected chi connectivity index (χ2v) is 6.25. The van der Waals surface area contributed by atoms with E-state index >= 15 is 0 Å². The molecule has 0 fully saturated rings. The first-order valence-corrected chi connectivity index (χ1v) is 7.38. The van der Waals surface area contributed by atoms with Gasteiger partial charge >= 0.3 is 0 Å². The number of nitriles is 1. The van der Waals surface area contributed by atoms with Crippen molar-refractivity contribution in [3.63, 3.8) is 0 Å². The molecule has 0 saturated heterocycles. The number of para-hydroxylation sites is 1. The van der Waals surface area contributed by atoms with E-state index in [2.05, 4.69) is 4.98 Å². The summed E-state index contributed by atoms with van der Waals surface area (Å²) in [5.41, 5.74) is 0.550. The summed E-state index contributed by atoms with van der Waals surface area (Å²) < 4.78 is 26.0. The molecule has 102 valence electrons. The van der Waals surface area contributed by atoms with E-state index in [4.69, 9.17) is 16.9 Å². The minimum absolute atomic E-state index is 0.0845. The summed E-state index contributed by atoms with van der Waals surface area (Å²) in [5, 5.41) is 9.13. The molecule has 0 amide bonds. The van der Waals surface area contributed by atoms with E-state index in [-0.39, 0.29) is 21.2 Å². The maximum Gasteiger partial charge on any atom is 0.267 e. The molecule has 0 N–H and O–H groups in total. The van der Waals surface area contributed by atoms with E-state index in [0.29, 0.717) is 0 Å². The van der Waals surface area contributed by atoms with Crippen molar-refractivity contribution in [1.82, 2.24) is 4.98 Å². The van der Waals surface area contributed by atoms with Crippen LogP contribution in [0.1, 0.15) is 5.56 Å². The van der Waals surface area contributed by atoms with Crippen molar-refractivity contribution in [3.8, 4) is 6.07 Å². The van der Waals surface area contributed by atoms with E-state index in [1.807, 2.05) is 6.07 Å². The van der Waals surface area contributed by atoms with Crippen LogP contribution in [-0.4, -0.2) is 20.4 Å². The van der Waals surface area contributed by atoms with Gasteiger partial charge in [0, 0.05) is 19.4 Å². The summed E-state index contributed by atoms with van der Waals surface area (Å²) >= 11 is 5.90. The highest BCUT2D eigenvalue weighted by molar-refractivity contribution is 7.93. The lowest BCUT2D eigenvalue weighted by Gasteiger charge is -2.20. The van der Waals surface area contributed by atoms with E-state index in [1.165, 1.54) is 25.5 Å². The van der Waals surface area contributed by atoms with Gasteiger partial charge in [-0.05, 0) is 18.2 Å². The number of halogens is 1. The minimum Gasteiger partial charge on any atom is -0.268 e. The highest BCUT2D eigenvalue weighted by Gasteiger charge is 2.25. The summed E-state index contributed by atoms with van der Waals surface area (Å²) in [5.74, 6) is 0. The van der Waals surface area contributed by atoms with Gasteiger partial charge in [-0.15, -0.1) is 0 Å². The first kappa shape index (κ1) is 14.3. The zero-order valence-electron chi connectivity index (χ0n) is 10.5. The Labute approximate surface area is 122 Å². The van der Waals surface area contributed by atoms with Gasteiger partial charge in [0.25, 0.3) is 10.0 Å². The fourth-order valence-electron chi connectivity index (χ4n) is 1.67. The summed E-state index contributed by atoms with van der Waals surface area (Å²) in [6.45, 7) is 0. The van der Waals surface area contributed by atoms with Crippen LogP contribution in [-0.2, 0) is 10.0 Å². The Kier molecular flexibility index (Phi) is 3.93. The Morgan fingerprint density at radius 2 is 2.00 bits per heavy atom. The van der Waals surface area contributed by atoms with E-state index in [9.17, 15) is 8.42 Å². The molecule has 1 aromatic carbocycles. The van der Waals surface area contributed by atoms with Gasteiger partial charge in [0.05, 0.1) is 16.3 Å². The molecule has 0 unspecified atom stereocenters. The highest BCUT2D eigenvalue weighted by Crippen LogP contribution is 2.28. The average molecular weight is 308 g/mol. The van der Waals surface area contributed by atoms with Crippen molar-refractivity contribution in [3.05, 3.63) is 53.3 Å². The summed E-state index contributed by atoms with van der Waals surface area (Å²) in [6, 6.07) is 9.79. The SMILES string of the molecule is CN(c1ccccc1C#N)S(=O)(=O)c1cnccc1Cl. The van der Waals surface area contributed by atoms with Crippen LogP contribution in [0, 0.1) is 11.3 Å². The lowest BCUT2D eigenvalue weighted by molar-refractivity contribution is 0.594. The minimum atomic E-state index is -3.87. The van der Waals surface area contributed by atoms with Gasteiger partial charge in [0.1, 0.15) is 11.0 Å². The van der Waals surface area contributed by atoms with Gasteiger partial charge in [-0.3, -0.25) is 9.29 Å². The van der Waals surface area contributed by atoms with Crippen LogP contribution < -0.4 is 4.31 Å². The van der Waals surface area contributed by atoms with Crippen molar-refractivity contribution >= 4 is 27.3 Å². The molecule has 0 radical (unpaired) electrons. The number of hydrogen-bond acceptors (Lipinski definition) is 4. The van der Waals surface area contributed by atoms with Crippen LogP contribution in [0.15, 0.2) is 47.6 Å². The normalized spacial score (nSPS) is 10.8. The Bertz CT molecular complexity index is 784. The smallest absolute Gasteiger partial charge is 0.267 e. The fraction of sp³-hybridized carbons (Fsp3) is 0.0769. The molecular weight excluding hydrogens is 298 g/mol. The second kappa shape index (κ2) is 5.49. The molecule has 1 aromatic heterocycles. The van der Waals surface area contributed by atoms with Crippen LogP contribution >= 0.6 is 11.6 Å². The van der Waals surface area contributed by atoms with Crippen LogP contribution in [0.2, 0.25) is 5.02 Å². The largest absolute Gasteiger partial charge is 0.268 e. The van der Waals surface area contributed by atoms with Crippen molar-refractivity contribution in [2.75, 3.05) is 11.4 Å². The monoisotopic (exact) mass is 307 g/mol. The van der Waals surface area contributed by atoms with E-state index in [0.717, 1.165) is 4.31 Å². The molecule has 20 heavy (non-hydrogen) atoms. The van der Waals surface area contributed by atoms with E-state index < -0.39 is 10.0 Å². The van der Waals surface area contributed by atoms with Gasteiger partial charge in [-0.2, -0.15) is 5.26 Å². The van der Waals surface area contributed by atoms with Crippen LogP contribution in [0.25, 0.3) is 0 Å². The molecule has 0 saturated carbocycles. The maximum absolute atomic E-state index is 12.5. The number of anilines is 1. The molecule has 0 bridgehead atoms. The Hall–Kier alpha value is -2.10. The number of nitrogens with zero attached hydrogens (tertiary/aromatic N) is 3. The molecule has 0 aliphatic heterocycles. The highest BCUT2D eigenvalue weighted by atomic mass is 35.5. The fourth-order valence-corrected chi connectivity index (χ4v) is 3.29. The maximum atomic E-state index is 12.5. The number of sulfonamides is 1. The lowest BCUT2D eigenvalue weighted by Crippen LogP contribution is -2.27. The molecule has 2 rings (SSSR count). The first-order chi connectivity index (χ1) is 9.48. The molecule has 0 spiro atoms. The van der Waals surface area contributed by atoms with Crippen LogP contribution in [0.4, 0.5) is 5.69 Å². The summed E-state index contributed by atoms with van der Waals surface area (Å²) in [7, 11) is -2.50. The zero-order valence-corrected chi connectivity index (χ0v) is 12.1. The van der Waals surface area contributed by atoms with Crippen molar-refractivity contribution in [2.24, 2.45) is 0 Å². The van der Waals surface area contributed by atoms with Crippen molar-refractivity contribution in [1.29, 1.82) is 5.26 Å². The third kappa shape index (κ3) is 2.46. The standard InChI is InChI=1S/C13H10ClN3O2S/c1-17(12-5-3-2-4-10(12)8-15)20(18,19)13-9-16-7-6-11(13)14/h2-7,9H,1H3. The van der Waals surface area contributed by atoms with Gasteiger partial charge in [-0.1, -0.05) is 23.7 Å². The Balaban J connectivity index is 2.56. The Morgan fingerprint density at radius 1 is 1.30 bits per heavy atom. The number of rotatable bonds is 3. The number of hydrogen-bond donors (Lipinski definition) is 0. The first-order valence-electron chi connectivity index (χ1n) is 5.56. The quantitative estimate of drug-likeness (QED) is 0.873. The van der Waals surface area contributed by atoms with Gasteiger partial charge in [0.15, 0.2) is 0 Å².